The van der Waals surface area contributed by atoms with Crippen molar-refractivity contribution in [3.8, 4) is 5.88 Å². The van der Waals surface area contributed by atoms with Crippen LogP contribution in [0.15, 0.2) is 18.3 Å². The fourth-order valence-corrected chi connectivity index (χ4v) is 3.57. The number of hydrogen-bond donors (Lipinski definition) is 0. The first-order valence-electron chi connectivity index (χ1n) is 9.24. The number of piperidine rings is 1. The van der Waals surface area contributed by atoms with Gasteiger partial charge in [0, 0.05) is 46.3 Å². The minimum atomic E-state index is -0.0532. The van der Waals surface area contributed by atoms with Gasteiger partial charge in [-0.25, -0.2) is 0 Å². The van der Waals surface area contributed by atoms with Crippen LogP contribution in [0.4, 0.5) is 5.82 Å². The van der Waals surface area contributed by atoms with Gasteiger partial charge in [-0.05, 0) is 25.0 Å². The molecule has 0 N–H and O–H groups in total. The van der Waals surface area contributed by atoms with E-state index in [4.69, 9.17) is 4.74 Å². The third-order valence-electron chi connectivity index (χ3n) is 5.10. The van der Waals surface area contributed by atoms with E-state index < -0.39 is 0 Å². The highest BCUT2D eigenvalue weighted by molar-refractivity contribution is 5.96. The Bertz CT molecular complexity index is 1000. The number of ether oxygens (including phenoxy) is 1. The topological polar surface area (TPSA) is 93.7 Å². The van der Waals surface area contributed by atoms with E-state index >= 15 is 0 Å². The van der Waals surface area contributed by atoms with Crippen LogP contribution in [-0.4, -0.2) is 74.7 Å². The second-order valence-electron chi connectivity index (χ2n) is 7.21. The van der Waals surface area contributed by atoms with E-state index in [1.807, 2.05) is 40.5 Å². The summed E-state index contributed by atoms with van der Waals surface area (Å²) in [5.74, 6) is 2.22. The summed E-state index contributed by atoms with van der Waals surface area (Å²) >= 11 is 0. The molecule has 0 atom stereocenters. The molecule has 0 bridgehead atoms. The van der Waals surface area contributed by atoms with Crippen LogP contribution in [-0.2, 0) is 7.05 Å². The molecular weight excluding hydrogens is 360 g/mol. The minimum Gasteiger partial charge on any atom is -0.479 e. The Balaban J connectivity index is 1.50. The molecule has 3 aromatic heterocycles. The second kappa shape index (κ2) is 7.10. The summed E-state index contributed by atoms with van der Waals surface area (Å²) in [5, 5.41) is 17.4. The molecule has 10 heteroatoms. The van der Waals surface area contributed by atoms with Crippen molar-refractivity contribution in [1.29, 1.82) is 0 Å². The Morgan fingerprint density at radius 3 is 2.61 bits per heavy atom. The number of likely N-dealkylation sites (tertiary alicyclic amines) is 1. The highest BCUT2D eigenvalue weighted by atomic mass is 16.5. The van der Waals surface area contributed by atoms with Gasteiger partial charge in [-0.15, -0.1) is 20.4 Å². The van der Waals surface area contributed by atoms with Crippen LogP contribution in [0.2, 0.25) is 0 Å². The van der Waals surface area contributed by atoms with Crippen molar-refractivity contribution in [2.75, 3.05) is 39.2 Å². The number of aryl methyl sites for hydroxylation is 1. The quantitative estimate of drug-likeness (QED) is 0.661. The zero-order chi connectivity index (χ0) is 19.8. The fraction of sp³-hybridized carbons (Fsp3) is 0.500. The maximum atomic E-state index is 12.9. The molecule has 28 heavy (non-hydrogen) atoms. The van der Waals surface area contributed by atoms with Gasteiger partial charge in [-0.1, -0.05) is 0 Å². The third-order valence-corrected chi connectivity index (χ3v) is 5.10. The summed E-state index contributed by atoms with van der Waals surface area (Å²) in [6.07, 6.45) is 3.32. The van der Waals surface area contributed by atoms with E-state index in [1.54, 1.807) is 17.9 Å². The van der Waals surface area contributed by atoms with Crippen molar-refractivity contribution in [2.24, 2.45) is 7.05 Å². The Morgan fingerprint density at radius 2 is 1.93 bits per heavy atom. The van der Waals surface area contributed by atoms with E-state index in [0.717, 1.165) is 30.1 Å². The Hall–Kier alpha value is -3.17. The third kappa shape index (κ3) is 3.14. The molecular formula is C18H24N8O2. The number of carbonyl (C=O) groups is 1. The molecule has 1 aliphatic heterocycles. The molecule has 0 saturated carbocycles. The molecule has 1 saturated heterocycles. The highest BCUT2D eigenvalue weighted by Crippen LogP contribution is 2.29. The average molecular weight is 384 g/mol. The van der Waals surface area contributed by atoms with Crippen LogP contribution in [0.25, 0.3) is 5.65 Å². The van der Waals surface area contributed by atoms with Crippen LogP contribution in [0.1, 0.15) is 34.9 Å². The lowest BCUT2D eigenvalue weighted by Gasteiger charge is -2.31. The molecule has 0 aromatic carbocycles. The molecule has 4 rings (SSSR count). The molecule has 1 aliphatic rings. The molecule has 0 aliphatic carbocycles. The zero-order valence-electron chi connectivity index (χ0n) is 16.5. The fourth-order valence-electron chi connectivity index (χ4n) is 3.57. The zero-order valence-corrected chi connectivity index (χ0v) is 16.5. The van der Waals surface area contributed by atoms with Crippen molar-refractivity contribution in [3.63, 3.8) is 0 Å². The Labute approximate surface area is 162 Å². The summed E-state index contributed by atoms with van der Waals surface area (Å²) in [7, 11) is 7.21. The monoisotopic (exact) mass is 384 g/mol. The van der Waals surface area contributed by atoms with E-state index in [-0.39, 0.29) is 11.8 Å². The molecule has 4 heterocycles. The smallest absolute Gasteiger partial charge is 0.260 e. The van der Waals surface area contributed by atoms with Crippen molar-refractivity contribution in [2.45, 2.75) is 18.8 Å². The van der Waals surface area contributed by atoms with Crippen LogP contribution < -0.4 is 9.64 Å². The van der Waals surface area contributed by atoms with Gasteiger partial charge in [0.25, 0.3) is 5.91 Å². The van der Waals surface area contributed by atoms with E-state index in [9.17, 15) is 4.79 Å². The number of rotatable bonds is 4. The number of fused-ring (bicyclic) bond motifs is 1. The first-order valence-corrected chi connectivity index (χ1v) is 9.24. The Morgan fingerprint density at radius 1 is 1.18 bits per heavy atom. The summed E-state index contributed by atoms with van der Waals surface area (Å²) in [5.41, 5.74) is 1.23. The number of hydrogen-bond acceptors (Lipinski definition) is 7. The molecule has 10 nitrogen and oxygen atoms in total. The molecule has 0 spiro atoms. The molecule has 3 aromatic rings. The lowest BCUT2D eigenvalue weighted by molar-refractivity contribution is 0.0707. The summed E-state index contributed by atoms with van der Waals surface area (Å²) in [6, 6.07) is 3.85. The highest BCUT2D eigenvalue weighted by Gasteiger charge is 2.30. The molecule has 0 unspecified atom stereocenters. The Kier molecular flexibility index (Phi) is 4.62. The van der Waals surface area contributed by atoms with Gasteiger partial charge >= 0.3 is 0 Å². The van der Waals surface area contributed by atoms with Crippen LogP contribution in [0.5, 0.6) is 5.88 Å². The molecule has 1 fully saturated rings. The number of amides is 1. The maximum Gasteiger partial charge on any atom is 0.260 e. The van der Waals surface area contributed by atoms with Crippen LogP contribution in [0.3, 0.4) is 0 Å². The van der Waals surface area contributed by atoms with Gasteiger partial charge in [0.2, 0.25) is 5.88 Å². The number of carbonyl (C=O) groups excluding carboxylic acids is 1. The lowest BCUT2D eigenvalue weighted by atomic mass is 9.95. The summed E-state index contributed by atoms with van der Waals surface area (Å²) in [6.45, 7) is 1.29. The predicted molar refractivity (Wildman–Crippen MR) is 103 cm³/mol. The largest absolute Gasteiger partial charge is 0.479 e. The van der Waals surface area contributed by atoms with Crippen LogP contribution in [0, 0.1) is 0 Å². The lowest BCUT2D eigenvalue weighted by Crippen LogP contribution is -2.38. The van der Waals surface area contributed by atoms with Crippen LogP contribution >= 0.6 is 0 Å². The van der Waals surface area contributed by atoms with Gasteiger partial charge in [-0.3, -0.25) is 9.48 Å². The first kappa shape index (κ1) is 18.2. The second-order valence-corrected chi connectivity index (χ2v) is 7.21. The van der Waals surface area contributed by atoms with E-state index in [1.165, 1.54) is 7.11 Å². The van der Waals surface area contributed by atoms with Gasteiger partial charge in [-0.2, -0.15) is 4.52 Å². The number of aromatic nitrogens is 6. The number of anilines is 1. The molecule has 148 valence electrons. The standard InChI is InChI=1S/C18H24N8O2/c1-23(2)15-6-5-14-19-20-16(26(14)21-15)12-7-9-25(10-8-12)18(27)13-11-24(3)22-17(13)28-4/h5-6,11-12H,7-10H2,1-4H3. The number of methoxy groups -OCH3 is 1. The average Bonchev–Trinajstić information content (AvgIpc) is 3.30. The van der Waals surface area contributed by atoms with Gasteiger partial charge in [0.15, 0.2) is 11.5 Å². The van der Waals surface area contributed by atoms with Gasteiger partial charge in [0.1, 0.15) is 11.4 Å². The van der Waals surface area contributed by atoms with Gasteiger partial charge in [0.05, 0.1) is 7.11 Å². The minimum absolute atomic E-state index is 0.0532. The van der Waals surface area contributed by atoms with E-state index in [2.05, 4.69) is 20.4 Å². The first-order chi connectivity index (χ1) is 13.5. The van der Waals surface area contributed by atoms with Gasteiger partial charge < -0.3 is 14.5 Å². The number of nitrogens with zero attached hydrogens (tertiary/aromatic N) is 8. The maximum absolute atomic E-state index is 12.9. The summed E-state index contributed by atoms with van der Waals surface area (Å²) in [4.78, 5) is 16.7. The van der Waals surface area contributed by atoms with Crippen molar-refractivity contribution < 1.29 is 9.53 Å². The summed E-state index contributed by atoms with van der Waals surface area (Å²) < 4.78 is 8.64. The normalized spacial score (nSPS) is 15.2. The van der Waals surface area contributed by atoms with Crippen molar-refractivity contribution >= 4 is 17.4 Å². The SMILES string of the molecule is COc1nn(C)cc1C(=O)N1CCC(c2nnc3ccc(N(C)C)nn23)CC1. The predicted octanol–water partition coefficient (Wildman–Crippen LogP) is 0.952. The van der Waals surface area contributed by atoms with E-state index in [0.29, 0.717) is 24.5 Å². The molecule has 1 amide bonds. The van der Waals surface area contributed by atoms with Crippen molar-refractivity contribution in [1.82, 2.24) is 34.5 Å². The molecule has 0 radical (unpaired) electrons. The van der Waals surface area contributed by atoms with Crippen molar-refractivity contribution in [3.05, 3.63) is 29.7 Å².